The number of hydrogen-bond acceptors (Lipinski definition) is 12. The predicted octanol–water partition coefficient (Wildman–Crippen LogP) is 3.15. The van der Waals surface area contributed by atoms with Crippen molar-refractivity contribution in [1.29, 1.82) is 0 Å². The van der Waals surface area contributed by atoms with Crippen LogP contribution >= 0.6 is 0 Å². The van der Waals surface area contributed by atoms with E-state index in [2.05, 4.69) is 13.2 Å². The lowest BCUT2D eigenvalue weighted by Gasteiger charge is -2.26. The van der Waals surface area contributed by atoms with Crippen molar-refractivity contribution in [3.63, 3.8) is 0 Å². The fourth-order valence-electron chi connectivity index (χ4n) is 3.25. The van der Waals surface area contributed by atoms with Crippen molar-refractivity contribution in [2.45, 2.75) is 33.1 Å². The molecule has 0 fully saturated rings. The number of carbonyl (C=O) groups excluding carboxylic acids is 6. The van der Waals surface area contributed by atoms with Crippen LogP contribution in [0.4, 0.5) is 0 Å². The average molecular weight is 597 g/mol. The lowest BCUT2D eigenvalue weighted by Crippen LogP contribution is -2.25. The van der Waals surface area contributed by atoms with Crippen LogP contribution in [0.3, 0.4) is 0 Å². The zero-order chi connectivity index (χ0) is 32.2. The summed E-state index contributed by atoms with van der Waals surface area (Å²) in [5.41, 5.74) is 1.48. The Morgan fingerprint density at radius 1 is 0.512 bits per heavy atom. The second-order valence-electron chi connectivity index (χ2n) is 9.56. The molecule has 0 N–H and O–H groups in total. The standard InChI is InChI=1S/C31H32O12/c1-19(2)25(32)38-15-17-40-27(34)29(36)42-23-11-7-21(8-12-23)31(5,6)22-9-13-24(14-10-22)43-30(37)28(35)41-18-16-39-26(33)20(3)4/h7-14H,1,3,15-18H2,2,4-6H3. The molecule has 0 unspecified atom stereocenters. The lowest BCUT2D eigenvalue weighted by atomic mass is 9.78. The van der Waals surface area contributed by atoms with Crippen LogP contribution in [-0.2, 0) is 53.1 Å². The molecule has 0 aliphatic carbocycles. The summed E-state index contributed by atoms with van der Waals surface area (Å²) in [6.07, 6.45) is 0. The quantitative estimate of drug-likeness (QED) is 0.0881. The van der Waals surface area contributed by atoms with Crippen LogP contribution in [0.1, 0.15) is 38.8 Å². The lowest BCUT2D eigenvalue weighted by molar-refractivity contribution is -0.163. The molecule has 0 atom stereocenters. The first kappa shape index (κ1) is 33.9. The maximum Gasteiger partial charge on any atom is 0.422 e. The van der Waals surface area contributed by atoms with Crippen molar-refractivity contribution in [3.05, 3.63) is 84.0 Å². The first-order chi connectivity index (χ1) is 20.2. The molecule has 228 valence electrons. The molecule has 0 radical (unpaired) electrons. The fourth-order valence-corrected chi connectivity index (χ4v) is 3.25. The third kappa shape index (κ3) is 10.6. The molecule has 12 heteroatoms. The van der Waals surface area contributed by atoms with E-state index in [1.165, 1.54) is 38.1 Å². The Bertz CT molecular complexity index is 1280. The van der Waals surface area contributed by atoms with Gasteiger partial charge in [-0.15, -0.1) is 0 Å². The van der Waals surface area contributed by atoms with E-state index in [0.29, 0.717) is 0 Å². The van der Waals surface area contributed by atoms with Crippen LogP contribution in [-0.4, -0.2) is 62.2 Å². The van der Waals surface area contributed by atoms with Crippen LogP contribution in [0.15, 0.2) is 72.8 Å². The third-order valence-corrected chi connectivity index (χ3v) is 5.70. The Morgan fingerprint density at radius 3 is 1.07 bits per heavy atom. The van der Waals surface area contributed by atoms with Crippen LogP contribution in [0.2, 0.25) is 0 Å². The molecule has 0 aliphatic heterocycles. The van der Waals surface area contributed by atoms with Gasteiger partial charge in [-0.2, -0.15) is 0 Å². The summed E-state index contributed by atoms with van der Waals surface area (Å²) in [4.78, 5) is 70.3. The van der Waals surface area contributed by atoms with Crippen molar-refractivity contribution in [3.8, 4) is 11.5 Å². The Kier molecular flexibility index (Phi) is 12.4. The Balaban J connectivity index is 1.88. The minimum Gasteiger partial charge on any atom is -0.459 e. The highest BCUT2D eigenvalue weighted by Gasteiger charge is 2.25. The molecule has 2 aromatic carbocycles. The molecule has 0 spiro atoms. The molecule has 0 bridgehead atoms. The molecule has 0 amide bonds. The summed E-state index contributed by atoms with van der Waals surface area (Å²) in [6.45, 7) is 12.5. The summed E-state index contributed by atoms with van der Waals surface area (Å²) in [5, 5.41) is 0. The van der Waals surface area contributed by atoms with Crippen LogP contribution in [0.5, 0.6) is 11.5 Å². The van der Waals surface area contributed by atoms with Gasteiger partial charge in [-0.25, -0.2) is 28.8 Å². The summed E-state index contributed by atoms with van der Waals surface area (Å²) in [6, 6.07) is 12.9. The van der Waals surface area contributed by atoms with Gasteiger partial charge in [0.1, 0.15) is 37.9 Å². The molecule has 2 aromatic rings. The maximum atomic E-state index is 12.0. The van der Waals surface area contributed by atoms with Crippen molar-refractivity contribution in [2.75, 3.05) is 26.4 Å². The Morgan fingerprint density at radius 2 is 0.791 bits per heavy atom. The topological polar surface area (TPSA) is 158 Å². The van der Waals surface area contributed by atoms with Crippen LogP contribution < -0.4 is 9.47 Å². The largest absolute Gasteiger partial charge is 0.459 e. The van der Waals surface area contributed by atoms with E-state index >= 15 is 0 Å². The van der Waals surface area contributed by atoms with E-state index in [9.17, 15) is 28.8 Å². The predicted molar refractivity (Wildman–Crippen MR) is 150 cm³/mol. The molecule has 0 saturated carbocycles. The zero-order valence-electron chi connectivity index (χ0n) is 24.3. The number of carbonyl (C=O) groups is 6. The highest BCUT2D eigenvalue weighted by atomic mass is 16.6. The van der Waals surface area contributed by atoms with Gasteiger partial charge in [0.2, 0.25) is 0 Å². The molecular formula is C31H32O12. The van der Waals surface area contributed by atoms with Gasteiger partial charge in [0.25, 0.3) is 0 Å². The molecule has 0 aliphatic rings. The average Bonchev–Trinajstić information content (AvgIpc) is 2.97. The fraction of sp³-hybridized carbons (Fsp3) is 0.290. The SMILES string of the molecule is C=C(C)C(=O)OCCOC(=O)C(=O)Oc1ccc(C(C)(C)c2ccc(OC(=O)C(=O)OCCOC(=O)C(=C)C)cc2)cc1. The zero-order valence-corrected chi connectivity index (χ0v) is 24.3. The first-order valence-corrected chi connectivity index (χ1v) is 12.9. The molecule has 2 rings (SSSR count). The van der Waals surface area contributed by atoms with Gasteiger partial charge in [0, 0.05) is 16.6 Å². The maximum absolute atomic E-state index is 12.0. The molecule has 0 aromatic heterocycles. The van der Waals surface area contributed by atoms with Crippen molar-refractivity contribution in [1.82, 2.24) is 0 Å². The van der Waals surface area contributed by atoms with E-state index in [1.807, 2.05) is 13.8 Å². The molecule has 0 saturated heterocycles. The van der Waals surface area contributed by atoms with Gasteiger partial charge >= 0.3 is 35.8 Å². The molecule has 0 heterocycles. The van der Waals surface area contributed by atoms with Gasteiger partial charge in [-0.1, -0.05) is 51.3 Å². The third-order valence-electron chi connectivity index (χ3n) is 5.70. The summed E-state index contributed by atoms with van der Waals surface area (Å²) >= 11 is 0. The minimum atomic E-state index is -1.24. The van der Waals surface area contributed by atoms with Crippen molar-refractivity contribution < 1.29 is 57.2 Å². The first-order valence-electron chi connectivity index (χ1n) is 12.9. The molecule has 43 heavy (non-hydrogen) atoms. The Labute approximate surface area is 248 Å². The number of esters is 6. The van der Waals surface area contributed by atoms with Gasteiger partial charge in [-0.3, -0.25) is 0 Å². The number of benzene rings is 2. The normalized spacial score (nSPS) is 10.5. The Hall–Kier alpha value is -5.26. The van der Waals surface area contributed by atoms with Crippen LogP contribution in [0.25, 0.3) is 0 Å². The highest BCUT2D eigenvalue weighted by molar-refractivity contribution is 6.30. The smallest absolute Gasteiger partial charge is 0.422 e. The van der Waals surface area contributed by atoms with Gasteiger partial charge in [-0.05, 0) is 49.2 Å². The number of ether oxygens (including phenoxy) is 6. The second-order valence-corrected chi connectivity index (χ2v) is 9.56. The monoisotopic (exact) mass is 596 g/mol. The van der Waals surface area contributed by atoms with E-state index in [4.69, 9.17) is 28.4 Å². The minimum absolute atomic E-state index is 0.110. The summed E-state index contributed by atoms with van der Waals surface area (Å²) in [7, 11) is 0. The van der Waals surface area contributed by atoms with E-state index in [-0.39, 0.29) is 49.1 Å². The highest BCUT2D eigenvalue weighted by Crippen LogP contribution is 2.33. The summed E-state index contributed by atoms with van der Waals surface area (Å²) < 4.78 is 29.1. The van der Waals surface area contributed by atoms with Crippen LogP contribution in [0, 0.1) is 0 Å². The number of hydrogen-bond donors (Lipinski definition) is 0. The number of rotatable bonds is 12. The van der Waals surface area contributed by atoms with Gasteiger partial charge in [0.15, 0.2) is 0 Å². The summed E-state index contributed by atoms with van der Waals surface area (Å²) in [5.74, 6) is -6.02. The van der Waals surface area contributed by atoms with E-state index < -0.39 is 41.2 Å². The van der Waals surface area contributed by atoms with E-state index in [1.54, 1.807) is 24.3 Å². The van der Waals surface area contributed by atoms with Crippen molar-refractivity contribution >= 4 is 35.8 Å². The van der Waals surface area contributed by atoms with Gasteiger partial charge < -0.3 is 28.4 Å². The van der Waals surface area contributed by atoms with E-state index in [0.717, 1.165) is 11.1 Å². The second kappa shape index (κ2) is 15.7. The molecular weight excluding hydrogens is 564 g/mol. The molecule has 12 nitrogen and oxygen atoms in total. The van der Waals surface area contributed by atoms with Crippen molar-refractivity contribution in [2.24, 2.45) is 0 Å². The van der Waals surface area contributed by atoms with Gasteiger partial charge in [0.05, 0.1) is 0 Å².